The van der Waals surface area contributed by atoms with Crippen molar-refractivity contribution in [3.05, 3.63) is 65.1 Å². The number of hydrogen-bond donors (Lipinski definition) is 1. The van der Waals surface area contributed by atoms with Crippen molar-refractivity contribution in [2.24, 2.45) is 0 Å². The van der Waals surface area contributed by atoms with Crippen molar-refractivity contribution >= 4 is 22.8 Å². The number of quaternary nitrogens is 1. The number of nitrogens with one attached hydrogen (secondary N) is 1. The maximum Gasteiger partial charge on any atom is 0.232 e. The maximum atomic E-state index is 12.9. The Morgan fingerprint density at radius 3 is 2.90 bits per heavy atom. The molecule has 2 aliphatic heterocycles. The smallest absolute Gasteiger partial charge is 0.232 e. The van der Waals surface area contributed by atoms with Gasteiger partial charge in [0.15, 0.2) is 5.76 Å². The van der Waals surface area contributed by atoms with Crippen LogP contribution in [0.3, 0.4) is 0 Å². The number of Topliss-reactive ketones (excluding diaryl/α,β-unsaturated/α-hetero) is 1. The van der Waals surface area contributed by atoms with E-state index in [1.165, 1.54) is 23.8 Å². The minimum absolute atomic E-state index is 0.0631. The summed E-state index contributed by atoms with van der Waals surface area (Å²) in [6.45, 7) is 3.86. The van der Waals surface area contributed by atoms with Crippen molar-refractivity contribution in [2.45, 2.75) is 38.8 Å². The molecule has 0 amide bonds. The molecule has 2 unspecified atom stereocenters. The molecule has 1 saturated heterocycles. The molecule has 5 rings (SSSR count). The fraction of sp³-hybridized carbons (Fsp3) is 0.292. The number of ether oxygens (including phenoxy) is 1. The molecule has 0 aliphatic carbocycles. The number of piperidine rings is 1. The number of fused-ring (bicyclic) bond motifs is 2. The molecule has 148 valence electrons. The predicted octanol–water partition coefficient (Wildman–Crippen LogP) is 3.08. The highest BCUT2D eigenvalue weighted by atomic mass is 16.5. The zero-order valence-corrected chi connectivity index (χ0v) is 16.4. The number of carbonyl (C=O) groups is 1. The minimum Gasteiger partial charge on any atom is -0.872 e. The molecule has 1 aromatic heterocycles. The van der Waals surface area contributed by atoms with Crippen LogP contribution in [0.2, 0.25) is 0 Å². The van der Waals surface area contributed by atoms with Gasteiger partial charge in [-0.2, -0.15) is 0 Å². The van der Waals surface area contributed by atoms with Gasteiger partial charge in [0.1, 0.15) is 23.6 Å². The normalized spacial score (nSPS) is 22.8. The summed E-state index contributed by atoms with van der Waals surface area (Å²) in [4.78, 5) is 14.3. The molecule has 2 aliphatic rings. The van der Waals surface area contributed by atoms with Crippen LogP contribution < -0.4 is 14.7 Å². The lowest BCUT2D eigenvalue weighted by molar-refractivity contribution is -0.942. The SMILES string of the molecule is CC1CCCC[NH+]1Cc1c([O-])ccc2c1O/C(=C\c1cc3ccccc3o1)C2=O. The predicted molar refractivity (Wildman–Crippen MR) is 108 cm³/mol. The minimum atomic E-state index is -0.205. The number of carbonyl (C=O) groups excluding carboxylic acids is 1. The van der Waals surface area contributed by atoms with E-state index in [0.717, 1.165) is 23.9 Å². The second kappa shape index (κ2) is 7.08. The third-order valence-electron chi connectivity index (χ3n) is 6.10. The molecule has 0 radical (unpaired) electrons. The van der Waals surface area contributed by atoms with Crippen LogP contribution in [-0.4, -0.2) is 18.4 Å². The Bertz CT molecular complexity index is 1090. The summed E-state index contributed by atoms with van der Waals surface area (Å²) in [7, 11) is 0. The van der Waals surface area contributed by atoms with Crippen LogP contribution in [0.25, 0.3) is 17.0 Å². The van der Waals surface area contributed by atoms with Gasteiger partial charge in [-0.15, -0.1) is 0 Å². The summed E-state index contributed by atoms with van der Waals surface area (Å²) in [5.41, 5.74) is 1.83. The molecule has 2 aromatic carbocycles. The Hall–Kier alpha value is -3.05. The van der Waals surface area contributed by atoms with Gasteiger partial charge in [-0.05, 0) is 44.4 Å². The lowest BCUT2D eigenvalue weighted by Gasteiger charge is -2.31. The largest absolute Gasteiger partial charge is 0.872 e. The highest BCUT2D eigenvalue weighted by Crippen LogP contribution is 2.38. The topological polar surface area (TPSA) is 66.9 Å². The molecule has 5 heteroatoms. The van der Waals surface area contributed by atoms with Crippen LogP contribution in [0, 0.1) is 0 Å². The number of hydrogen-bond acceptors (Lipinski definition) is 4. The molecule has 1 fully saturated rings. The standard InChI is InChI=1S/C24H23NO4/c1-15-6-4-5-11-25(15)14-19-20(26)10-9-18-23(27)22(29-24(18)19)13-17-12-16-7-2-3-8-21(16)28-17/h2-3,7-10,12-13,15,26H,4-6,11,14H2,1H3/b22-13-. The van der Waals surface area contributed by atoms with Crippen LogP contribution in [-0.2, 0) is 6.54 Å². The average molecular weight is 389 g/mol. The van der Waals surface area contributed by atoms with Crippen molar-refractivity contribution < 1.29 is 24.0 Å². The van der Waals surface area contributed by atoms with Crippen LogP contribution in [0.15, 0.2) is 52.6 Å². The van der Waals surface area contributed by atoms with Gasteiger partial charge in [0.25, 0.3) is 0 Å². The quantitative estimate of drug-likeness (QED) is 0.699. The molecule has 3 aromatic rings. The van der Waals surface area contributed by atoms with E-state index in [1.807, 2.05) is 30.3 Å². The molecular weight excluding hydrogens is 366 g/mol. The third-order valence-corrected chi connectivity index (χ3v) is 6.10. The van der Waals surface area contributed by atoms with E-state index in [0.29, 0.717) is 35.2 Å². The second-order valence-electron chi connectivity index (χ2n) is 8.03. The maximum absolute atomic E-state index is 12.9. The fourth-order valence-corrected chi connectivity index (χ4v) is 4.40. The molecule has 0 saturated carbocycles. The van der Waals surface area contributed by atoms with Crippen LogP contribution in [0.1, 0.15) is 47.9 Å². The molecule has 0 spiro atoms. The van der Waals surface area contributed by atoms with E-state index in [-0.39, 0.29) is 17.3 Å². The van der Waals surface area contributed by atoms with Crippen LogP contribution in [0.5, 0.6) is 11.5 Å². The van der Waals surface area contributed by atoms with Crippen molar-refractivity contribution in [3.63, 3.8) is 0 Å². The van der Waals surface area contributed by atoms with Crippen LogP contribution in [0.4, 0.5) is 0 Å². The van der Waals surface area contributed by atoms with Gasteiger partial charge in [-0.1, -0.05) is 30.0 Å². The van der Waals surface area contributed by atoms with Gasteiger partial charge in [0.2, 0.25) is 5.78 Å². The summed E-state index contributed by atoms with van der Waals surface area (Å²) >= 11 is 0. The number of rotatable bonds is 3. The molecule has 3 heterocycles. The monoisotopic (exact) mass is 389 g/mol. The molecular formula is C24H23NO4. The zero-order chi connectivity index (χ0) is 20.0. The molecule has 1 N–H and O–H groups in total. The summed E-state index contributed by atoms with van der Waals surface area (Å²) in [5.74, 6) is 0.916. The van der Waals surface area contributed by atoms with E-state index >= 15 is 0 Å². The first-order chi connectivity index (χ1) is 14.1. The third kappa shape index (κ3) is 3.21. The highest BCUT2D eigenvalue weighted by molar-refractivity contribution is 6.14. The number of allylic oxidation sites excluding steroid dienone is 1. The molecule has 5 nitrogen and oxygen atoms in total. The Balaban J connectivity index is 1.48. The highest BCUT2D eigenvalue weighted by Gasteiger charge is 2.32. The second-order valence-corrected chi connectivity index (χ2v) is 8.03. The summed E-state index contributed by atoms with van der Waals surface area (Å²) in [6.07, 6.45) is 5.18. The van der Waals surface area contributed by atoms with E-state index in [1.54, 1.807) is 12.1 Å². The number of furan rings is 1. The van der Waals surface area contributed by atoms with Gasteiger partial charge in [0.05, 0.1) is 18.2 Å². The van der Waals surface area contributed by atoms with E-state index in [2.05, 4.69) is 6.92 Å². The lowest BCUT2D eigenvalue weighted by Crippen LogP contribution is -3.14. The number of para-hydroxylation sites is 1. The first kappa shape index (κ1) is 18.0. The first-order valence-corrected chi connectivity index (χ1v) is 10.2. The Labute approximate surface area is 169 Å². The average Bonchev–Trinajstić information content (AvgIpc) is 3.26. The molecule has 0 bridgehead atoms. The van der Waals surface area contributed by atoms with Crippen molar-refractivity contribution in [3.8, 4) is 11.5 Å². The Morgan fingerprint density at radius 1 is 1.21 bits per heavy atom. The molecule has 2 atom stereocenters. The van der Waals surface area contributed by atoms with Gasteiger partial charge in [-0.3, -0.25) is 4.79 Å². The lowest BCUT2D eigenvalue weighted by atomic mass is 10.0. The van der Waals surface area contributed by atoms with Crippen LogP contribution >= 0.6 is 0 Å². The van der Waals surface area contributed by atoms with Gasteiger partial charge in [-0.25, -0.2) is 0 Å². The van der Waals surface area contributed by atoms with E-state index in [9.17, 15) is 9.90 Å². The first-order valence-electron chi connectivity index (χ1n) is 10.2. The fourth-order valence-electron chi connectivity index (χ4n) is 4.40. The summed E-state index contributed by atoms with van der Waals surface area (Å²) in [6, 6.07) is 13.1. The Kier molecular flexibility index (Phi) is 4.40. The van der Waals surface area contributed by atoms with E-state index < -0.39 is 0 Å². The number of benzene rings is 2. The van der Waals surface area contributed by atoms with Gasteiger partial charge in [0, 0.05) is 17.0 Å². The number of likely N-dealkylation sites (tertiary alicyclic amines) is 1. The Morgan fingerprint density at radius 2 is 2.07 bits per heavy atom. The van der Waals surface area contributed by atoms with E-state index in [4.69, 9.17) is 9.15 Å². The summed E-state index contributed by atoms with van der Waals surface area (Å²) in [5, 5.41) is 13.6. The molecule has 29 heavy (non-hydrogen) atoms. The van der Waals surface area contributed by atoms with Crippen molar-refractivity contribution in [2.75, 3.05) is 6.54 Å². The van der Waals surface area contributed by atoms with Gasteiger partial charge < -0.3 is 19.2 Å². The van der Waals surface area contributed by atoms with Crippen molar-refractivity contribution in [1.29, 1.82) is 0 Å². The number of ketones is 1. The summed E-state index contributed by atoms with van der Waals surface area (Å²) < 4.78 is 11.7. The van der Waals surface area contributed by atoms with Gasteiger partial charge >= 0.3 is 0 Å². The van der Waals surface area contributed by atoms with Crippen molar-refractivity contribution in [1.82, 2.24) is 0 Å². The zero-order valence-electron chi connectivity index (χ0n) is 16.4.